The zero-order valence-corrected chi connectivity index (χ0v) is 13.2. The van der Waals surface area contributed by atoms with Gasteiger partial charge in [0.05, 0.1) is 0 Å². The Morgan fingerprint density at radius 3 is 2.62 bits per heavy atom. The second kappa shape index (κ2) is 5.13. The van der Waals surface area contributed by atoms with Crippen LogP contribution >= 0.6 is 0 Å². The summed E-state index contributed by atoms with van der Waals surface area (Å²) in [5, 5.41) is 3.48. The number of Topliss-reactive ketones (excluding diaryl/α,β-unsaturated/α-hetero) is 1. The molecule has 0 radical (unpaired) electrons. The highest BCUT2D eigenvalue weighted by Crippen LogP contribution is 2.49. The molecule has 3 aliphatic rings. The smallest absolute Gasteiger partial charge is 0.231 e. The Labute approximate surface area is 140 Å². The molecular weight excluding hydrogens is 302 g/mol. The van der Waals surface area contributed by atoms with E-state index in [0.717, 1.165) is 52.4 Å². The summed E-state index contributed by atoms with van der Waals surface area (Å²) >= 11 is 0. The maximum absolute atomic E-state index is 12.7. The maximum Gasteiger partial charge on any atom is 0.231 e. The highest BCUT2D eigenvalue weighted by Gasteiger charge is 2.36. The van der Waals surface area contributed by atoms with Gasteiger partial charge in [-0.15, -0.1) is 0 Å². The number of ether oxygens (including phenoxy) is 2. The van der Waals surface area contributed by atoms with E-state index in [0.29, 0.717) is 6.42 Å². The van der Waals surface area contributed by atoms with Crippen LogP contribution in [0.15, 0.2) is 53.7 Å². The van der Waals surface area contributed by atoms with Crippen molar-refractivity contribution >= 4 is 11.5 Å². The van der Waals surface area contributed by atoms with Gasteiger partial charge in [-0.2, -0.15) is 0 Å². The van der Waals surface area contributed by atoms with Crippen LogP contribution in [0.1, 0.15) is 36.3 Å². The molecule has 0 spiro atoms. The van der Waals surface area contributed by atoms with Gasteiger partial charge in [0.2, 0.25) is 6.79 Å². The Hall–Kier alpha value is -2.75. The molecule has 24 heavy (non-hydrogen) atoms. The zero-order chi connectivity index (χ0) is 16.1. The molecule has 4 heteroatoms. The van der Waals surface area contributed by atoms with Crippen molar-refractivity contribution in [3.8, 4) is 11.5 Å². The van der Waals surface area contributed by atoms with Crippen LogP contribution in [0.5, 0.6) is 11.5 Å². The number of anilines is 1. The van der Waals surface area contributed by atoms with Gasteiger partial charge in [-0.3, -0.25) is 4.79 Å². The molecule has 0 saturated carbocycles. The van der Waals surface area contributed by atoms with E-state index in [-0.39, 0.29) is 18.5 Å². The van der Waals surface area contributed by atoms with Gasteiger partial charge < -0.3 is 14.8 Å². The largest absolute Gasteiger partial charge is 0.454 e. The topological polar surface area (TPSA) is 47.6 Å². The van der Waals surface area contributed by atoms with Gasteiger partial charge in [0.1, 0.15) is 0 Å². The molecule has 2 heterocycles. The van der Waals surface area contributed by atoms with E-state index in [1.807, 2.05) is 30.3 Å². The molecule has 2 aromatic carbocycles. The number of hydrogen-bond donors (Lipinski definition) is 1. The fourth-order valence-electron chi connectivity index (χ4n) is 3.94. The summed E-state index contributed by atoms with van der Waals surface area (Å²) in [7, 11) is 0. The van der Waals surface area contributed by atoms with Gasteiger partial charge >= 0.3 is 0 Å². The lowest BCUT2D eigenvalue weighted by atomic mass is 9.75. The van der Waals surface area contributed by atoms with Gasteiger partial charge in [-0.25, -0.2) is 0 Å². The Bertz CT molecular complexity index is 870. The predicted molar refractivity (Wildman–Crippen MR) is 90.4 cm³/mol. The molecular formula is C20H17NO3. The molecule has 0 aromatic heterocycles. The summed E-state index contributed by atoms with van der Waals surface area (Å²) < 4.78 is 11.1. The minimum absolute atomic E-state index is 0.0419. The fourth-order valence-corrected chi connectivity index (χ4v) is 3.94. The quantitative estimate of drug-likeness (QED) is 0.864. The number of fused-ring (bicyclic) bond motifs is 2. The van der Waals surface area contributed by atoms with Crippen molar-refractivity contribution < 1.29 is 14.3 Å². The molecule has 5 rings (SSSR count). The summed E-state index contributed by atoms with van der Waals surface area (Å²) in [6.07, 6.45) is 2.45. The van der Waals surface area contributed by atoms with E-state index in [1.54, 1.807) is 0 Å². The lowest BCUT2D eigenvalue weighted by Crippen LogP contribution is -2.26. The van der Waals surface area contributed by atoms with Crippen molar-refractivity contribution in [2.45, 2.75) is 25.2 Å². The van der Waals surface area contributed by atoms with Crippen molar-refractivity contribution in [3.05, 3.63) is 64.9 Å². The Balaban J connectivity index is 1.74. The third-order valence-corrected chi connectivity index (χ3v) is 5.02. The molecule has 1 N–H and O–H groups in total. The summed E-state index contributed by atoms with van der Waals surface area (Å²) in [6, 6.07) is 14.3. The number of allylic oxidation sites excluding steroid dienone is 2. The first kappa shape index (κ1) is 13.7. The molecule has 0 fully saturated rings. The Kier molecular flexibility index (Phi) is 2.92. The van der Waals surface area contributed by atoms with Gasteiger partial charge in [-0.1, -0.05) is 30.3 Å². The Morgan fingerprint density at radius 2 is 1.79 bits per heavy atom. The Morgan fingerprint density at radius 1 is 1.00 bits per heavy atom. The van der Waals surface area contributed by atoms with Crippen LogP contribution in [-0.4, -0.2) is 12.6 Å². The van der Waals surface area contributed by atoms with E-state index >= 15 is 0 Å². The number of carbonyl (C=O) groups excluding carboxylic acids is 1. The number of benzene rings is 2. The average molecular weight is 319 g/mol. The minimum Gasteiger partial charge on any atom is -0.454 e. The molecule has 0 unspecified atom stereocenters. The summed E-state index contributed by atoms with van der Waals surface area (Å²) in [4.78, 5) is 12.7. The number of rotatable bonds is 1. The van der Waals surface area contributed by atoms with Gasteiger partial charge in [0.15, 0.2) is 17.3 Å². The summed E-state index contributed by atoms with van der Waals surface area (Å²) in [6.45, 7) is 0.250. The van der Waals surface area contributed by atoms with Crippen molar-refractivity contribution in [1.82, 2.24) is 0 Å². The molecule has 2 aromatic rings. The van der Waals surface area contributed by atoms with E-state index in [4.69, 9.17) is 9.47 Å². The molecule has 4 nitrogen and oxygen atoms in total. The van der Waals surface area contributed by atoms with Crippen LogP contribution in [0.25, 0.3) is 0 Å². The number of carbonyl (C=O) groups is 1. The highest BCUT2D eigenvalue weighted by molar-refractivity contribution is 6.01. The molecule has 1 atom stereocenters. The first-order chi connectivity index (χ1) is 11.8. The van der Waals surface area contributed by atoms with Crippen molar-refractivity contribution in [2.75, 3.05) is 12.1 Å². The van der Waals surface area contributed by atoms with Gasteiger partial charge in [0.25, 0.3) is 0 Å². The standard InChI is InChI=1S/C20H17NO3/c22-16-8-4-7-14-20(16)19(12-5-2-1-3-6-12)13-9-17-18(24-11-23-17)10-15(13)21-14/h1-3,5-6,9-10,19,21H,4,7-8,11H2/t19-/m1/s1. The highest BCUT2D eigenvalue weighted by atomic mass is 16.7. The van der Waals surface area contributed by atoms with E-state index in [1.165, 1.54) is 0 Å². The molecule has 120 valence electrons. The fraction of sp³-hybridized carbons (Fsp3) is 0.250. The number of nitrogens with one attached hydrogen (secondary N) is 1. The molecule has 0 bridgehead atoms. The van der Waals surface area contributed by atoms with Crippen molar-refractivity contribution in [3.63, 3.8) is 0 Å². The van der Waals surface area contributed by atoms with Crippen LogP contribution in [0.2, 0.25) is 0 Å². The van der Waals surface area contributed by atoms with Crippen LogP contribution in [0.3, 0.4) is 0 Å². The van der Waals surface area contributed by atoms with E-state index in [9.17, 15) is 4.79 Å². The predicted octanol–water partition coefficient (Wildman–Crippen LogP) is 3.98. The number of ketones is 1. The summed E-state index contributed by atoms with van der Waals surface area (Å²) in [5.74, 6) is 1.73. The monoisotopic (exact) mass is 319 g/mol. The normalized spacial score (nSPS) is 21.2. The maximum atomic E-state index is 12.7. The van der Waals surface area contributed by atoms with Crippen LogP contribution in [0.4, 0.5) is 5.69 Å². The van der Waals surface area contributed by atoms with Gasteiger partial charge in [0, 0.05) is 35.4 Å². The van der Waals surface area contributed by atoms with E-state index in [2.05, 4.69) is 17.4 Å². The van der Waals surface area contributed by atoms with E-state index < -0.39 is 0 Å². The SMILES string of the molecule is O=C1CCCC2=C1[C@H](c1ccccc1)c1cc3c(cc1N2)OCO3. The zero-order valence-electron chi connectivity index (χ0n) is 13.2. The second-order valence-corrected chi connectivity index (χ2v) is 6.43. The molecule has 0 saturated heterocycles. The second-order valence-electron chi connectivity index (χ2n) is 6.43. The molecule has 2 aliphatic heterocycles. The first-order valence-corrected chi connectivity index (χ1v) is 8.33. The lowest BCUT2D eigenvalue weighted by molar-refractivity contribution is -0.116. The van der Waals surface area contributed by atoms with Crippen LogP contribution < -0.4 is 14.8 Å². The first-order valence-electron chi connectivity index (χ1n) is 8.33. The van der Waals surface area contributed by atoms with Gasteiger partial charge in [-0.05, 0) is 30.0 Å². The van der Waals surface area contributed by atoms with Crippen LogP contribution in [0, 0.1) is 0 Å². The summed E-state index contributed by atoms with van der Waals surface area (Å²) in [5.41, 5.74) is 5.22. The third-order valence-electron chi connectivity index (χ3n) is 5.02. The van der Waals surface area contributed by atoms with Crippen molar-refractivity contribution in [1.29, 1.82) is 0 Å². The average Bonchev–Trinajstić information content (AvgIpc) is 3.06. The lowest BCUT2D eigenvalue weighted by Gasteiger charge is -2.34. The van der Waals surface area contributed by atoms with Crippen molar-refractivity contribution in [2.24, 2.45) is 0 Å². The molecule has 1 aliphatic carbocycles. The van der Waals surface area contributed by atoms with Crippen LogP contribution in [-0.2, 0) is 4.79 Å². The molecule has 0 amide bonds. The third kappa shape index (κ3) is 1.96. The minimum atomic E-state index is -0.0419. The number of hydrogen-bond acceptors (Lipinski definition) is 4.